The van der Waals surface area contributed by atoms with Gasteiger partial charge in [-0.05, 0) is 27.9 Å². The Kier molecular flexibility index (Phi) is 3.64. The highest BCUT2D eigenvalue weighted by molar-refractivity contribution is 5.39. The van der Waals surface area contributed by atoms with Crippen molar-refractivity contribution in [2.24, 2.45) is 0 Å². The molecule has 0 aliphatic rings. The van der Waals surface area contributed by atoms with E-state index in [9.17, 15) is 4.39 Å². The van der Waals surface area contributed by atoms with Crippen LogP contribution in [0.4, 0.5) is 16.2 Å². The van der Waals surface area contributed by atoms with E-state index in [1.54, 1.807) is 0 Å². The number of nitrogens with zero attached hydrogens (tertiary/aromatic N) is 3. The van der Waals surface area contributed by atoms with E-state index in [-0.39, 0.29) is 17.3 Å². The molecule has 1 aromatic heterocycles. The van der Waals surface area contributed by atoms with E-state index in [4.69, 9.17) is 5.73 Å². The highest BCUT2D eigenvalue weighted by Gasteiger charge is 2.20. The smallest absolute Gasteiger partial charge is 0.222 e. The molecule has 0 saturated heterocycles. The highest BCUT2D eigenvalue weighted by atomic mass is 19.1. The van der Waals surface area contributed by atoms with Gasteiger partial charge in [-0.3, -0.25) is 0 Å². The monoisotopic (exact) mass is 227 g/mol. The molecule has 0 spiro atoms. The van der Waals surface area contributed by atoms with Gasteiger partial charge < -0.3 is 16.0 Å². The van der Waals surface area contributed by atoms with Crippen molar-refractivity contribution in [2.75, 3.05) is 31.7 Å². The zero-order valence-electron chi connectivity index (χ0n) is 10.1. The summed E-state index contributed by atoms with van der Waals surface area (Å²) in [4.78, 5) is 9.40. The van der Waals surface area contributed by atoms with E-state index in [1.807, 2.05) is 32.8 Å². The number of nitrogens with two attached hydrogens (primary N) is 1. The van der Waals surface area contributed by atoms with Crippen molar-refractivity contribution in [3.63, 3.8) is 0 Å². The molecule has 0 radical (unpaired) electrons. The van der Waals surface area contributed by atoms with E-state index < -0.39 is 5.82 Å². The molecule has 0 aliphatic heterocycles. The average Bonchev–Trinajstić information content (AvgIpc) is 2.19. The van der Waals surface area contributed by atoms with Crippen LogP contribution in [0.3, 0.4) is 0 Å². The Labute approximate surface area is 94.9 Å². The van der Waals surface area contributed by atoms with Crippen LogP contribution in [0.25, 0.3) is 0 Å². The first-order valence-corrected chi connectivity index (χ1v) is 5.02. The second-order valence-electron chi connectivity index (χ2n) is 4.49. The number of likely N-dealkylation sites (N-methyl/N-ethyl adjacent to an activating group) is 1. The van der Waals surface area contributed by atoms with Gasteiger partial charge in [-0.15, -0.1) is 0 Å². The van der Waals surface area contributed by atoms with E-state index in [1.165, 1.54) is 0 Å². The van der Waals surface area contributed by atoms with Gasteiger partial charge in [0.25, 0.3) is 0 Å². The number of aromatic nitrogens is 2. The first-order valence-electron chi connectivity index (χ1n) is 5.02. The minimum absolute atomic E-state index is 0.0616. The number of nitrogens with one attached hydrogen (secondary N) is 1. The molecule has 0 unspecified atom stereocenters. The summed E-state index contributed by atoms with van der Waals surface area (Å²) in [6, 6.07) is 0. The molecule has 0 fully saturated rings. The molecular formula is C10H18FN5. The molecule has 90 valence electrons. The Morgan fingerprint density at radius 2 is 2.12 bits per heavy atom. The van der Waals surface area contributed by atoms with Crippen molar-refractivity contribution in [1.82, 2.24) is 14.9 Å². The molecule has 1 aromatic rings. The maximum Gasteiger partial charge on any atom is 0.222 e. The summed E-state index contributed by atoms with van der Waals surface area (Å²) in [6.07, 6.45) is 1.06. The van der Waals surface area contributed by atoms with Crippen molar-refractivity contribution >= 4 is 11.8 Å². The van der Waals surface area contributed by atoms with Crippen molar-refractivity contribution in [1.29, 1.82) is 0 Å². The summed E-state index contributed by atoms with van der Waals surface area (Å²) in [7, 11) is 3.93. The van der Waals surface area contributed by atoms with Gasteiger partial charge in [0.2, 0.25) is 5.95 Å². The number of hydrogen-bond donors (Lipinski definition) is 2. The molecule has 0 aromatic carbocycles. The lowest BCUT2D eigenvalue weighted by Gasteiger charge is -2.32. The molecule has 0 bridgehead atoms. The Hall–Kier alpha value is -1.43. The van der Waals surface area contributed by atoms with Gasteiger partial charge in [0.15, 0.2) is 11.6 Å². The summed E-state index contributed by atoms with van der Waals surface area (Å²) in [5.41, 5.74) is 5.28. The summed E-state index contributed by atoms with van der Waals surface area (Å²) in [5, 5.41) is 2.93. The van der Waals surface area contributed by atoms with Crippen LogP contribution < -0.4 is 11.1 Å². The second-order valence-corrected chi connectivity index (χ2v) is 4.49. The molecule has 16 heavy (non-hydrogen) atoms. The maximum absolute atomic E-state index is 13.3. The minimum Gasteiger partial charge on any atom is -0.368 e. The van der Waals surface area contributed by atoms with Crippen LogP contribution in [-0.2, 0) is 0 Å². The van der Waals surface area contributed by atoms with Gasteiger partial charge in [0, 0.05) is 12.1 Å². The van der Waals surface area contributed by atoms with Crippen LogP contribution in [0.2, 0.25) is 0 Å². The fourth-order valence-corrected chi connectivity index (χ4v) is 0.963. The average molecular weight is 227 g/mol. The third kappa shape index (κ3) is 3.03. The summed E-state index contributed by atoms with van der Waals surface area (Å²) in [6.45, 7) is 4.65. The van der Waals surface area contributed by atoms with Gasteiger partial charge in [-0.2, -0.15) is 4.98 Å². The predicted molar refractivity (Wildman–Crippen MR) is 62.7 cm³/mol. The third-order valence-corrected chi connectivity index (χ3v) is 2.66. The Morgan fingerprint density at radius 1 is 1.50 bits per heavy atom. The van der Waals surface area contributed by atoms with Crippen LogP contribution in [0.5, 0.6) is 0 Å². The van der Waals surface area contributed by atoms with E-state index in [2.05, 4.69) is 15.3 Å². The first-order chi connectivity index (χ1) is 7.33. The fraction of sp³-hybridized carbons (Fsp3) is 0.600. The number of anilines is 2. The largest absolute Gasteiger partial charge is 0.368 e. The lowest BCUT2D eigenvalue weighted by molar-refractivity contribution is 0.209. The zero-order chi connectivity index (χ0) is 12.3. The molecule has 3 N–H and O–H groups in total. The Morgan fingerprint density at radius 3 is 2.69 bits per heavy atom. The van der Waals surface area contributed by atoms with Crippen molar-refractivity contribution in [2.45, 2.75) is 19.4 Å². The second kappa shape index (κ2) is 4.61. The molecule has 1 rings (SSSR count). The molecule has 6 heteroatoms. The van der Waals surface area contributed by atoms with Crippen LogP contribution in [0.1, 0.15) is 13.8 Å². The van der Waals surface area contributed by atoms with Crippen molar-refractivity contribution < 1.29 is 4.39 Å². The summed E-state index contributed by atoms with van der Waals surface area (Å²) < 4.78 is 13.3. The van der Waals surface area contributed by atoms with Crippen molar-refractivity contribution in [3.8, 4) is 0 Å². The fourth-order valence-electron chi connectivity index (χ4n) is 0.963. The summed E-state index contributed by atoms with van der Waals surface area (Å²) >= 11 is 0. The van der Waals surface area contributed by atoms with Crippen LogP contribution in [0.15, 0.2) is 6.20 Å². The molecule has 0 amide bonds. The standard InChI is InChI=1S/C10H18FN5/c1-10(2,16(3)4)6-14-8-7(11)5-13-9(12)15-8/h5H,6H2,1-4H3,(H3,12,13,14,15). The molecule has 1 heterocycles. The van der Waals surface area contributed by atoms with Crippen LogP contribution in [0, 0.1) is 5.82 Å². The van der Waals surface area contributed by atoms with E-state index >= 15 is 0 Å². The number of hydrogen-bond acceptors (Lipinski definition) is 5. The lowest BCUT2D eigenvalue weighted by Crippen LogP contribution is -2.44. The highest BCUT2D eigenvalue weighted by Crippen LogP contribution is 2.14. The number of nitrogen functional groups attached to an aromatic ring is 1. The molecule has 0 aliphatic carbocycles. The van der Waals surface area contributed by atoms with Gasteiger partial charge in [-0.1, -0.05) is 0 Å². The van der Waals surface area contributed by atoms with E-state index in [0.29, 0.717) is 6.54 Å². The van der Waals surface area contributed by atoms with Crippen LogP contribution in [-0.4, -0.2) is 41.0 Å². The molecular weight excluding hydrogens is 209 g/mol. The molecule has 0 atom stereocenters. The van der Waals surface area contributed by atoms with Crippen LogP contribution >= 0.6 is 0 Å². The van der Waals surface area contributed by atoms with Gasteiger partial charge in [-0.25, -0.2) is 9.37 Å². The Balaban J connectivity index is 2.71. The Bertz CT molecular complexity index is 364. The lowest BCUT2D eigenvalue weighted by atomic mass is 10.0. The summed E-state index contributed by atoms with van der Waals surface area (Å²) in [5.74, 6) is -0.294. The minimum atomic E-state index is -0.497. The third-order valence-electron chi connectivity index (χ3n) is 2.66. The topological polar surface area (TPSA) is 67.1 Å². The normalized spacial score (nSPS) is 11.9. The number of halogens is 1. The van der Waals surface area contributed by atoms with Gasteiger partial charge >= 0.3 is 0 Å². The van der Waals surface area contributed by atoms with Gasteiger partial charge in [0.1, 0.15) is 0 Å². The van der Waals surface area contributed by atoms with Gasteiger partial charge in [0.05, 0.1) is 6.20 Å². The van der Waals surface area contributed by atoms with E-state index in [0.717, 1.165) is 6.20 Å². The maximum atomic E-state index is 13.3. The predicted octanol–water partition coefficient (Wildman–Crippen LogP) is 0.950. The first kappa shape index (κ1) is 12.6. The van der Waals surface area contributed by atoms with Crippen molar-refractivity contribution in [3.05, 3.63) is 12.0 Å². The number of rotatable bonds is 4. The molecule has 0 saturated carbocycles. The SMILES string of the molecule is CN(C)C(C)(C)CNc1nc(N)ncc1F. The molecule has 5 nitrogen and oxygen atoms in total. The zero-order valence-corrected chi connectivity index (χ0v) is 10.1. The quantitative estimate of drug-likeness (QED) is 0.801.